The Morgan fingerprint density at radius 1 is 0.698 bits per heavy atom. The van der Waals surface area contributed by atoms with Crippen LogP contribution in [0.3, 0.4) is 0 Å². The second-order valence-electron chi connectivity index (χ2n) is 12.5. The normalized spacial score (nSPS) is 14.1. The van der Waals surface area contributed by atoms with Gasteiger partial charge in [-0.05, 0) is 38.5 Å². The Bertz CT molecular complexity index is 768. The van der Waals surface area contributed by atoms with E-state index in [-0.39, 0.29) is 26.1 Å². The number of rotatable bonds is 30. The molecule has 0 aromatic rings. The molecule has 0 amide bonds. The van der Waals surface area contributed by atoms with Crippen LogP contribution in [0.15, 0.2) is 12.2 Å². The number of carbonyl (C=O) groups excluding carboxylic acids is 2. The highest BCUT2D eigenvalue weighted by atomic mass is 31.2. The maximum absolute atomic E-state index is 12.5. The van der Waals surface area contributed by atoms with Crippen molar-refractivity contribution >= 4 is 19.8 Å². The van der Waals surface area contributed by atoms with Crippen LogP contribution in [0.2, 0.25) is 0 Å². The van der Waals surface area contributed by atoms with Gasteiger partial charge < -0.3 is 27.9 Å². The largest absolute Gasteiger partial charge is 0.756 e. The number of phosphoric acid groups is 1. The predicted octanol–water partition coefficient (Wildman–Crippen LogP) is 7.66. The maximum Gasteiger partial charge on any atom is 0.306 e. The van der Waals surface area contributed by atoms with Crippen LogP contribution in [0.25, 0.3) is 0 Å². The molecule has 0 N–H and O–H groups in total. The number of phosphoric ester groups is 1. The Morgan fingerprint density at radius 2 is 1.19 bits per heavy atom. The summed E-state index contributed by atoms with van der Waals surface area (Å²) in [6, 6.07) is 0. The van der Waals surface area contributed by atoms with Crippen molar-refractivity contribution in [3.63, 3.8) is 0 Å². The second kappa shape index (κ2) is 27.1. The molecule has 0 bridgehead atoms. The minimum Gasteiger partial charge on any atom is -0.756 e. The van der Waals surface area contributed by atoms with Crippen LogP contribution in [-0.4, -0.2) is 70.0 Å². The van der Waals surface area contributed by atoms with E-state index in [1.54, 1.807) is 0 Å². The van der Waals surface area contributed by atoms with Gasteiger partial charge in [-0.25, -0.2) is 0 Å². The van der Waals surface area contributed by atoms with Gasteiger partial charge in [0.15, 0.2) is 6.10 Å². The zero-order valence-corrected chi connectivity index (χ0v) is 29.1. The number of hydrogen-bond donors (Lipinski definition) is 0. The fraction of sp³-hybridized carbons (Fsp3) is 0.879. The first-order valence-electron chi connectivity index (χ1n) is 16.9. The number of hydrogen-bond acceptors (Lipinski definition) is 8. The molecular weight excluding hydrogens is 569 g/mol. The molecule has 10 heteroatoms. The molecule has 0 saturated heterocycles. The third kappa shape index (κ3) is 30.6. The second-order valence-corrected chi connectivity index (χ2v) is 13.9. The van der Waals surface area contributed by atoms with Crippen LogP contribution in [-0.2, 0) is 32.7 Å². The number of allylic oxidation sites excluding steroid dienone is 2. The number of likely N-dealkylation sites (N-methyl/N-ethyl adjacent to an activating group) is 1. The van der Waals surface area contributed by atoms with Crippen molar-refractivity contribution in [1.29, 1.82) is 0 Å². The molecule has 254 valence electrons. The number of carbonyl (C=O) groups is 2. The zero-order valence-electron chi connectivity index (χ0n) is 28.2. The summed E-state index contributed by atoms with van der Waals surface area (Å²) < 4.78 is 33.4. The van der Waals surface area contributed by atoms with E-state index in [1.165, 1.54) is 44.9 Å². The van der Waals surface area contributed by atoms with Gasteiger partial charge in [-0.15, -0.1) is 0 Å². The summed E-state index contributed by atoms with van der Waals surface area (Å²) >= 11 is 0. The van der Waals surface area contributed by atoms with Crippen molar-refractivity contribution in [3.05, 3.63) is 12.2 Å². The zero-order chi connectivity index (χ0) is 32.2. The molecule has 0 aromatic heterocycles. The van der Waals surface area contributed by atoms with E-state index >= 15 is 0 Å². The fourth-order valence-electron chi connectivity index (χ4n) is 4.29. The van der Waals surface area contributed by atoms with Crippen molar-refractivity contribution in [3.8, 4) is 0 Å². The van der Waals surface area contributed by atoms with Crippen molar-refractivity contribution in [1.82, 2.24) is 0 Å². The molecule has 0 fully saturated rings. The minimum atomic E-state index is -4.60. The molecule has 0 rings (SSSR count). The molecule has 0 heterocycles. The number of nitrogens with zero attached hydrogens (tertiary/aromatic N) is 1. The molecule has 0 saturated carbocycles. The SMILES string of the molecule is CCCCCCCC/C=C\CCCCCCCC(=O)OC(COC(=O)CCCCCC)COP(=O)([O-])OCC[N+](C)(C)C. The highest BCUT2D eigenvalue weighted by Gasteiger charge is 2.21. The van der Waals surface area contributed by atoms with Gasteiger partial charge >= 0.3 is 11.9 Å². The van der Waals surface area contributed by atoms with Gasteiger partial charge in [0.25, 0.3) is 7.82 Å². The molecule has 0 aromatic carbocycles. The maximum atomic E-state index is 12.5. The van der Waals surface area contributed by atoms with Gasteiger partial charge in [-0.3, -0.25) is 14.2 Å². The van der Waals surface area contributed by atoms with Crippen LogP contribution >= 0.6 is 7.82 Å². The van der Waals surface area contributed by atoms with E-state index in [0.717, 1.165) is 57.8 Å². The van der Waals surface area contributed by atoms with Crippen LogP contribution in [0, 0.1) is 0 Å². The average Bonchev–Trinajstić information content (AvgIpc) is 2.94. The van der Waals surface area contributed by atoms with E-state index in [1.807, 2.05) is 21.1 Å². The Balaban J connectivity index is 4.36. The summed E-state index contributed by atoms with van der Waals surface area (Å²) in [5.74, 6) is -0.865. The van der Waals surface area contributed by atoms with Crippen LogP contribution in [0.1, 0.15) is 136 Å². The Hall–Kier alpha value is -1.25. The number of ether oxygens (including phenoxy) is 2. The quantitative estimate of drug-likeness (QED) is 0.0261. The summed E-state index contributed by atoms with van der Waals surface area (Å²) in [5, 5.41) is 0. The summed E-state index contributed by atoms with van der Waals surface area (Å²) in [5.41, 5.74) is 0. The monoisotopic (exact) mass is 633 g/mol. The molecule has 0 spiro atoms. The van der Waals surface area contributed by atoms with E-state index in [2.05, 4.69) is 26.0 Å². The van der Waals surface area contributed by atoms with E-state index in [9.17, 15) is 19.0 Å². The standard InChI is InChI=1S/C33H64NO8P/c1-6-8-10-12-13-14-15-16-17-18-19-20-21-22-24-26-33(36)42-31(29-39-32(35)25-23-11-9-7-2)30-41-43(37,38)40-28-27-34(3,4)5/h16-17,31H,6-15,18-30H2,1-5H3/b17-16-. The predicted molar refractivity (Wildman–Crippen MR) is 171 cm³/mol. The van der Waals surface area contributed by atoms with Gasteiger partial charge in [0, 0.05) is 12.8 Å². The molecule has 2 unspecified atom stereocenters. The molecule has 0 aliphatic heterocycles. The van der Waals surface area contributed by atoms with E-state index in [0.29, 0.717) is 17.4 Å². The molecule has 0 aliphatic carbocycles. The van der Waals surface area contributed by atoms with Gasteiger partial charge in [-0.1, -0.05) is 96.6 Å². The molecule has 2 atom stereocenters. The first kappa shape index (κ1) is 41.8. The first-order valence-corrected chi connectivity index (χ1v) is 18.4. The van der Waals surface area contributed by atoms with Crippen LogP contribution < -0.4 is 4.89 Å². The van der Waals surface area contributed by atoms with Gasteiger partial charge in [0.2, 0.25) is 0 Å². The van der Waals surface area contributed by atoms with Gasteiger partial charge in [-0.2, -0.15) is 0 Å². The van der Waals surface area contributed by atoms with E-state index in [4.69, 9.17) is 18.5 Å². The highest BCUT2D eigenvalue weighted by molar-refractivity contribution is 7.45. The molecular formula is C33H64NO8P. The Kier molecular flexibility index (Phi) is 26.3. The molecule has 0 radical (unpaired) electrons. The van der Waals surface area contributed by atoms with Crippen molar-refractivity contribution < 1.29 is 42.1 Å². The highest BCUT2D eigenvalue weighted by Crippen LogP contribution is 2.38. The lowest BCUT2D eigenvalue weighted by atomic mass is 10.1. The number of unbranched alkanes of at least 4 members (excludes halogenated alkanes) is 14. The Morgan fingerprint density at radius 3 is 1.74 bits per heavy atom. The lowest BCUT2D eigenvalue weighted by molar-refractivity contribution is -0.870. The van der Waals surface area contributed by atoms with Gasteiger partial charge in [0.05, 0.1) is 27.7 Å². The summed E-state index contributed by atoms with van der Waals surface area (Å²) in [4.78, 5) is 36.8. The molecule has 9 nitrogen and oxygen atoms in total. The third-order valence-electron chi connectivity index (χ3n) is 7.04. The summed E-state index contributed by atoms with van der Waals surface area (Å²) in [6.45, 7) is 4.05. The lowest BCUT2D eigenvalue weighted by Crippen LogP contribution is -2.37. The third-order valence-corrected chi connectivity index (χ3v) is 8.00. The fourth-order valence-corrected chi connectivity index (χ4v) is 5.02. The first-order chi connectivity index (χ1) is 20.5. The summed E-state index contributed by atoms with van der Waals surface area (Å²) in [6.07, 6.45) is 23.0. The minimum absolute atomic E-state index is 0.0308. The average molecular weight is 634 g/mol. The molecule has 43 heavy (non-hydrogen) atoms. The number of esters is 2. The molecule has 0 aliphatic rings. The smallest absolute Gasteiger partial charge is 0.306 e. The lowest BCUT2D eigenvalue weighted by Gasteiger charge is -2.28. The van der Waals surface area contributed by atoms with Crippen molar-refractivity contribution in [2.75, 3.05) is 47.5 Å². The van der Waals surface area contributed by atoms with Crippen molar-refractivity contribution in [2.24, 2.45) is 0 Å². The number of quaternary nitrogens is 1. The van der Waals surface area contributed by atoms with Crippen LogP contribution in [0.4, 0.5) is 0 Å². The summed E-state index contributed by atoms with van der Waals surface area (Å²) in [7, 11) is 1.16. The van der Waals surface area contributed by atoms with Gasteiger partial charge in [0.1, 0.15) is 19.8 Å². The topological polar surface area (TPSA) is 111 Å². The Labute approximate surface area is 263 Å². The van der Waals surface area contributed by atoms with Crippen LogP contribution in [0.5, 0.6) is 0 Å². The van der Waals surface area contributed by atoms with Crippen molar-refractivity contribution in [2.45, 2.75) is 142 Å². The van der Waals surface area contributed by atoms with E-state index < -0.39 is 32.5 Å².